The van der Waals surface area contributed by atoms with Crippen molar-refractivity contribution in [3.05, 3.63) is 134 Å². The number of hydrogen-bond donors (Lipinski definition) is 7. The number of esters is 1. The molecular formula is C71H116O14. The molecule has 7 N–H and O–H groups in total. The zero-order valence-corrected chi connectivity index (χ0v) is 52.3. The van der Waals surface area contributed by atoms with Gasteiger partial charge in [-0.3, -0.25) is 4.79 Å². The lowest BCUT2D eigenvalue weighted by atomic mass is 9.98. The van der Waals surface area contributed by atoms with Crippen molar-refractivity contribution in [1.82, 2.24) is 0 Å². The van der Waals surface area contributed by atoms with Gasteiger partial charge in [0.25, 0.3) is 0 Å². The Morgan fingerprint density at radius 1 is 0.388 bits per heavy atom. The molecule has 0 aromatic heterocycles. The third kappa shape index (κ3) is 41.1. The van der Waals surface area contributed by atoms with Gasteiger partial charge in [0, 0.05) is 13.0 Å². The van der Waals surface area contributed by atoms with E-state index >= 15 is 0 Å². The molecule has 85 heavy (non-hydrogen) atoms. The molecule has 2 rings (SSSR count). The van der Waals surface area contributed by atoms with Crippen molar-refractivity contribution in [2.24, 2.45) is 0 Å². The molecular weight excluding hydrogens is 1080 g/mol. The monoisotopic (exact) mass is 1190 g/mol. The number of carbonyl (C=O) groups excluding carboxylic acids is 1. The van der Waals surface area contributed by atoms with Gasteiger partial charge in [-0.15, -0.1) is 0 Å². The first-order valence-corrected chi connectivity index (χ1v) is 32.8. The average Bonchev–Trinajstić information content (AvgIpc) is 2.82. The summed E-state index contributed by atoms with van der Waals surface area (Å²) in [6, 6.07) is 0. The molecule has 0 spiro atoms. The fraction of sp³-hybridized carbons (Fsp3) is 0.676. The number of hydrogen-bond acceptors (Lipinski definition) is 14. The zero-order chi connectivity index (χ0) is 61.5. The Labute approximate surface area is 513 Å². The van der Waals surface area contributed by atoms with Crippen LogP contribution >= 0.6 is 0 Å². The molecule has 484 valence electrons. The molecule has 0 radical (unpaired) electrons. The number of unbranched alkanes of at least 4 members (excludes halogenated alkanes) is 16. The normalized spacial score (nSPS) is 24.1. The van der Waals surface area contributed by atoms with E-state index in [2.05, 4.69) is 148 Å². The maximum absolute atomic E-state index is 13.1. The molecule has 2 saturated heterocycles. The fourth-order valence-electron chi connectivity index (χ4n) is 9.49. The van der Waals surface area contributed by atoms with Crippen LogP contribution < -0.4 is 0 Å². The first-order chi connectivity index (χ1) is 41.6. The summed E-state index contributed by atoms with van der Waals surface area (Å²) in [6.07, 6.45) is 63.7. The molecule has 0 aliphatic carbocycles. The number of ether oxygens (including phenoxy) is 6. The Bertz CT molecular complexity index is 1920. The number of rotatable bonds is 52. The van der Waals surface area contributed by atoms with Crippen LogP contribution in [0.15, 0.2) is 134 Å². The standard InChI is InChI=1S/C71H116O14/c1-3-5-7-9-11-13-15-17-19-21-23-25-27-29-31-33-35-37-39-41-43-45-47-49-51-53-55-80-57-60(58-81-70-69(79)67(77)65(75)62(85-70)59-82-71-68(78)66(76)64(74)61(56-72)84-71)83-63(73)54-52-50-48-46-44-42-40-38-36-34-32-30-28-26-24-22-20-18-16-14-12-10-8-6-4-2/h5-8,11-14,17-20,23-26,29,31,35,37,41,43,60-62,64-72,74-79H,3-4,9-10,15-16,21-22,27-28,30,32-34,36,38-40,42,44-59H2,1-2H3/b7-5-,8-6-,13-11-,14-12-,19-17-,20-18-,25-23-,26-24-,31-29-,37-35-,43-41-. The van der Waals surface area contributed by atoms with Crippen molar-refractivity contribution in [3.8, 4) is 0 Å². The second-order valence-electron chi connectivity index (χ2n) is 22.2. The van der Waals surface area contributed by atoms with E-state index < -0.39 is 86.7 Å². The lowest BCUT2D eigenvalue weighted by molar-refractivity contribution is -0.332. The van der Waals surface area contributed by atoms with Crippen molar-refractivity contribution < 1.29 is 69.0 Å². The van der Waals surface area contributed by atoms with E-state index in [0.717, 1.165) is 128 Å². The molecule has 11 unspecified atom stereocenters. The van der Waals surface area contributed by atoms with E-state index in [1.165, 1.54) is 51.4 Å². The predicted octanol–water partition coefficient (Wildman–Crippen LogP) is 13.4. The predicted molar refractivity (Wildman–Crippen MR) is 343 cm³/mol. The summed E-state index contributed by atoms with van der Waals surface area (Å²) >= 11 is 0. The zero-order valence-electron chi connectivity index (χ0n) is 52.3. The Hall–Kier alpha value is -3.87. The topological polar surface area (TPSA) is 214 Å². The first-order valence-electron chi connectivity index (χ1n) is 32.8. The van der Waals surface area contributed by atoms with Gasteiger partial charge in [0.2, 0.25) is 0 Å². The minimum absolute atomic E-state index is 0.0345. The number of carbonyl (C=O) groups is 1. The van der Waals surface area contributed by atoms with E-state index in [4.69, 9.17) is 28.4 Å². The molecule has 2 aliphatic heterocycles. The lowest BCUT2D eigenvalue weighted by Gasteiger charge is -2.42. The van der Waals surface area contributed by atoms with Crippen LogP contribution in [-0.4, -0.2) is 142 Å². The highest BCUT2D eigenvalue weighted by atomic mass is 16.7. The molecule has 0 amide bonds. The lowest BCUT2D eigenvalue weighted by Crippen LogP contribution is -2.61. The summed E-state index contributed by atoms with van der Waals surface area (Å²) in [5, 5.41) is 72.6. The van der Waals surface area contributed by atoms with Gasteiger partial charge in [-0.2, -0.15) is 0 Å². The largest absolute Gasteiger partial charge is 0.457 e. The van der Waals surface area contributed by atoms with E-state index in [1.54, 1.807) is 0 Å². The quantitative estimate of drug-likeness (QED) is 0.0172. The average molecular weight is 1190 g/mol. The molecule has 0 aromatic carbocycles. The van der Waals surface area contributed by atoms with Crippen molar-refractivity contribution in [3.63, 3.8) is 0 Å². The molecule has 2 aliphatic rings. The summed E-state index contributed by atoms with van der Waals surface area (Å²) in [5.74, 6) is -0.393. The second kappa shape index (κ2) is 55.4. The van der Waals surface area contributed by atoms with E-state index in [9.17, 15) is 40.5 Å². The molecule has 11 atom stereocenters. The van der Waals surface area contributed by atoms with Crippen molar-refractivity contribution in [2.45, 2.75) is 274 Å². The summed E-state index contributed by atoms with van der Waals surface area (Å²) in [4.78, 5) is 13.1. The summed E-state index contributed by atoms with van der Waals surface area (Å²) in [5.41, 5.74) is 0. The Morgan fingerprint density at radius 3 is 1.14 bits per heavy atom. The van der Waals surface area contributed by atoms with Gasteiger partial charge in [0.05, 0.1) is 26.4 Å². The van der Waals surface area contributed by atoms with Crippen molar-refractivity contribution >= 4 is 5.97 Å². The SMILES string of the molecule is CC/C=C\C/C=C\C/C=C\C/C=C\C/C=C\C/C=C\C/C=C\CCCCCCOCC(COC1OC(COC2OC(CO)C(O)C(O)C2O)C(O)C(O)C1O)OC(=O)CCCCCCCCCCCCCC/C=C\C/C=C\C/C=C\C/C=C\CC. The van der Waals surface area contributed by atoms with Gasteiger partial charge in [-0.1, -0.05) is 225 Å². The van der Waals surface area contributed by atoms with Crippen LogP contribution in [0.3, 0.4) is 0 Å². The van der Waals surface area contributed by atoms with E-state index in [-0.39, 0.29) is 19.6 Å². The fourth-order valence-corrected chi connectivity index (χ4v) is 9.49. The summed E-state index contributed by atoms with van der Waals surface area (Å²) in [7, 11) is 0. The van der Waals surface area contributed by atoms with Crippen molar-refractivity contribution in [2.75, 3.05) is 33.0 Å². The second-order valence-corrected chi connectivity index (χ2v) is 22.2. The molecule has 2 fully saturated rings. The van der Waals surface area contributed by atoms with Crippen LogP contribution in [0.25, 0.3) is 0 Å². The van der Waals surface area contributed by atoms with Crippen LogP contribution in [0.1, 0.15) is 206 Å². The van der Waals surface area contributed by atoms with Crippen LogP contribution in [0.2, 0.25) is 0 Å². The molecule has 0 aromatic rings. The van der Waals surface area contributed by atoms with Gasteiger partial charge >= 0.3 is 5.97 Å². The Balaban J connectivity index is 1.69. The van der Waals surface area contributed by atoms with Gasteiger partial charge in [-0.25, -0.2) is 0 Å². The summed E-state index contributed by atoms with van der Waals surface area (Å²) < 4.78 is 34.5. The van der Waals surface area contributed by atoms with E-state index in [1.807, 2.05) is 0 Å². The third-order valence-electron chi connectivity index (χ3n) is 14.7. The van der Waals surface area contributed by atoms with Crippen LogP contribution in [-0.2, 0) is 33.2 Å². The minimum atomic E-state index is -1.72. The van der Waals surface area contributed by atoms with Gasteiger partial charge in [0.1, 0.15) is 54.9 Å². The summed E-state index contributed by atoms with van der Waals surface area (Å²) in [6.45, 7) is 3.39. The molecule has 0 saturated carbocycles. The maximum atomic E-state index is 13.1. The van der Waals surface area contributed by atoms with Crippen LogP contribution in [0.5, 0.6) is 0 Å². The minimum Gasteiger partial charge on any atom is -0.457 e. The van der Waals surface area contributed by atoms with Crippen LogP contribution in [0.4, 0.5) is 0 Å². The van der Waals surface area contributed by atoms with Crippen LogP contribution in [0, 0.1) is 0 Å². The number of aliphatic hydroxyl groups is 7. The van der Waals surface area contributed by atoms with Gasteiger partial charge in [-0.05, 0) is 109 Å². The Morgan fingerprint density at radius 2 is 0.729 bits per heavy atom. The molecule has 14 heteroatoms. The maximum Gasteiger partial charge on any atom is 0.306 e. The third-order valence-corrected chi connectivity index (χ3v) is 14.7. The highest BCUT2D eigenvalue weighted by Crippen LogP contribution is 2.27. The highest BCUT2D eigenvalue weighted by molar-refractivity contribution is 5.69. The number of aliphatic hydroxyl groups excluding tert-OH is 7. The van der Waals surface area contributed by atoms with Crippen molar-refractivity contribution in [1.29, 1.82) is 0 Å². The Kier molecular flexibility index (Phi) is 50.4. The highest BCUT2D eigenvalue weighted by Gasteiger charge is 2.47. The smallest absolute Gasteiger partial charge is 0.306 e. The molecule has 2 heterocycles. The van der Waals surface area contributed by atoms with Gasteiger partial charge in [0.15, 0.2) is 12.6 Å². The first kappa shape index (κ1) is 77.2. The molecule has 0 bridgehead atoms. The van der Waals surface area contributed by atoms with E-state index in [0.29, 0.717) is 13.0 Å². The molecule has 14 nitrogen and oxygen atoms in total. The van der Waals surface area contributed by atoms with Gasteiger partial charge < -0.3 is 64.2 Å². The number of allylic oxidation sites excluding steroid dienone is 22.